The number of nitrogens with zero attached hydrogens (tertiary/aromatic N) is 6. The molecule has 122 valence electrons. The summed E-state index contributed by atoms with van der Waals surface area (Å²) in [4.78, 5) is 14.1. The van der Waals surface area contributed by atoms with Crippen LogP contribution in [0.1, 0.15) is 24.2 Å². The molecule has 0 N–H and O–H groups in total. The first-order valence-electron chi connectivity index (χ1n) is 8.52. The molecule has 1 saturated carbocycles. The summed E-state index contributed by atoms with van der Waals surface area (Å²) >= 11 is 0. The van der Waals surface area contributed by atoms with E-state index in [-0.39, 0.29) is 0 Å². The molecular formula is C17H24N6. The molecule has 0 spiro atoms. The average Bonchev–Trinajstić information content (AvgIpc) is 3.31. The maximum atomic E-state index is 4.78. The van der Waals surface area contributed by atoms with Crippen molar-refractivity contribution in [3.63, 3.8) is 0 Å². The molecule has 1 aliphatic heterocycles. The molecule has 0 atom stereocenters. The molecule has 2 aliphatic rings. The highest BCUT2D eigenvalue weighted by atomic mass is 15.3. The standard InChI is InChI=1S/C17H24N6/c1-13-9-14(2)23(20-13)17-11-18-10-16(19-17)22-7-5-21(6-8-22)12-15-3-4-15/h9-11,15H,3-8,12H2,1-2H3. The third-order valence-corrected chi connectivity index (χ3v) is 4.75. The van der Waals surface area contributed by atoms with Gasteiger partial charge in [0.15, 0.2) is 5.82 Å². The van der Waals surface area contributed by atoms with E-state index in [1.54, 1.807) is 6.20 Å². The van der Waals surface area contributed by atoms with Crippen molar-refractivity contribution < 1.29 is 0 Å². The minimum absolute atomic E-state index is 0.800. The van der Waals surface area contributed by atoms with Crippen molar-refractivity contribution in [1.29, 1.82) is 0 Å². The van der Waals surface area contributed by atoms with Gasteiger partial charge in [0, 0.05) is 38.4 Å². The second kappa shape index (κ2) is 5.92. The Morgan fingerprint density at radius 3 is 2.43 bits per heavy atom. The highest BCUT2D eigenvalue weighted by Crippen LogP contribution is 2.30. The lowest BCUT2D eigenvalue weighted by atomic mass is 10.3. The van der Waals surface area contributed by atoms with E-state index >= 15 is 0 Å². The Bertz CT molecular complexity index is 682. The van der Waals surface area contributed by atoms with Crippen LogP contribution in [0.15, 0.2) is 18.5 Å². The second-order valence-corrected chi connectivity index (χ2v) is 6.81. The molecular weight excluding hydrogens is 288 g/mol. The number of anilines is 1. The van der Waals surface area contributed by atoms with E-state index in [2.05, 4.69) is 25.9 Å². The molecule has 3 heterocycles. The molecule has 23 heavy (non-hydrogen) atoms. The normalized spacial score (nSPS) is 19.3. The fourth-order valence-corrected chi connectivity index (χ4v) is 3.29. The van der Waals surface area contributed by atoms with Gasteiger partial charge in [-0.05, 0) is 38.7 Å². The summed E-state index contributed by atoms with van der Waals surface area (Å²) in [5.74, 6) is 2.73. The summed E-state index contributed by atoms with van der Waals surface area (Å²) in [6.07, 6.45) is 6.50. The van der Waals surface area contributed by atoms with E-state index in [9.17, 15) is 0 Å². The number of aromatic nitrogens is 4. The Kier molecular flexibility index (Phi) is 3.77. The van der Waals surface area contributed by atoms with Crippen molar-refractivity contribution in [1.82, 2.24) is 24.6 Å². The Labute approximate surface area is 137 Å². The monoisotopic (exact) mass is 312 g/mol. The topological polar surface area (TPSA) is 50.1 Å². The van der Waals surface area contributed by atoms with Crippen molar-refractivity contribution in [2.45, 2.75) is 26.7 Å². The molecule has 6 heteroatoms. The van der Waals surface area contributed by atoms with Crippen LogP contribution in [0.5, 0.6) is 0 Å². The van der Waals surface area contributed by atoms with Gasteiger partial charge in [0.05, 0.1) is 18.1 Å². The maximum Gasteiger partial charge on any atom is 0.174 e. The maximum absolute atomic E-state index is 4.78. The van der Waals surface area contributed by atoms with Crippen molar-refractivity contribution in [2.24, 2.45) is 5.92 Å². The van der Waals surface area contributed by atoms with E-state index in [1.165, 1.54) is 19.4 Å². The highest BCUT2D eigenvalue weighted by molar-refractivity contribution is 5.40. The Hall–Kier alpha value is -1.95. The van der Waals surface area contributed by atoms with Gasteiger partial charge >= 0.3 is 0 Å². The second-order valence-electron chi connectivity index (χ2n) is 6.81. The van der Waals surface area contributed by atoms with Crippen LogP contribution >= 0.6 is 0 Å². The van der Waals surface area contributed by atoms with Crippen LogP contribution in [-0.4, -0.2) is 57.4 Å². The zero-order valence-corrected chi connectivity index (χ0v) is 13.9. The minimum atomic E-state index is 0.800. The molecule has 6 nitrogen and oxygen atoms in total. The van der Waals surface area contributed by atoms with Crippen LogP contribution in [-0.2, 0) is 0 Å². The average molecular weight is 312 g/mol. The summed E-state index contributed by atoms with van der Waals surface area (Å²) in [5, 5.41) is 4.51. The van der Waals surface area contributed by atoms with Gasteiger partial charge in [-0.25, -0.2) is 9.67 Å². The van der Waals surface area contributed by atoms with Crippen LogP contribution in [0, 0.1) is 19.8 Å². The first-order chi connectivity index (χ1) is 11.2. The van der Waals surface area contributed by atoms with Gasteiger partial charge < -0.3 is 4.90 Å². The van der Waals surface area contributed by atoms with E-state index in [0.29, 0.717) is 0 Å². The van der Waals surface area contributed by atoms with Crippen LogP contribution in [0.4, 0.5) is 5.82 Å². The molecule has 0 aromatic carbocycles. The van der Waals surface area contributed by atoms with Crippen molar-refractivity contribution in [3.05, 3.63) is 29.8 Å². The van der Waals surface area contributed by atoms with Gasteiger partial charge in [0.1, 0.15) is 5.82 Å². The van der Waals surface area contributed by atoms with Gasteiger partial charge in [-0.2, -0.15) is 5.10 Å². The van der Waals surface area contributed by atoms with Crippen LogP contribution in [0.25, 0.3) is 5.82 Å². The quantitative estimate of drug-likeness (QED) is 0.862. The van der Waals surface area contributed by atoms with Gasteiger partial charge in [-0.15, -0.1) is 0 Å². The Morgan fingerprint density at radius 1 is 1.04 bits per heavy atom. The molecule has 2 aromatic heterocycles. The molecule has 0 amide bonds. The lowest BCUT2D eigenvalue weighted by Crippen LogP contribution is -2.47. The van der Waals surface area contributed by atoms with Crippen molar-refractivity contribution in [2.75, 3.05) is 37.6 Å². The number of hydrogen-bond acceptors (Lipinski definition) is 5. The fraction of sp³-hybridized carbons (Fsp3) is 0.588. The number of piperazine rings is 1. The lowest BCUT2D eigenvalue weighted by molar-refractivity contribution is 0.247. The van der Waals surface area contributed by atoms with Crippen molar-refractivity contribution in [3.8, 4) is 5.82 Å². The third kappa shape index (κ3) is 3.22. The highest BCUT2D eigenvalue weighted by Gasteiger charge is 2.26. The molecule has 0 unspecified atom stereocenters. The predicted molar refractivity (Wildman–Crippen MR) is 90.0 cm³/mol. The summed E-state index contributed by atoms with van der Waals surface area (Å²) in [7, 11) is 0. The van der Waals surface area contributed by atoms with Gasteiger partial charge in [0.2, 0.25) is 0 Å². The van der Waals surface area contributed by atoms with Gasteiger partial charge in [0.25, 0.3) is 0 Å². The smallest absolute Gasteiger partial charge is 0.174 e. The van der Waals surface area contributed by atoms with Crippen molar-refractivity contribution >= 4 is 5.82 Å². The molecule has 2 fully saturated rings. The first-order valence-corrected chi connectivity index (χ1v) is 8.52. The van der Waals surface area contributed by atoms with Crippen LogP contribution in [0.3, 0.4) is 0 Å². The van der Waals surface area contributed by atoms with Crippen LogP contribution < -0.4 is 4.90 Å². The molecule has 1 saturated heterocycles. The summed E-state index contributed by atoms with van der Waals surface area (Å²) in [5.41, 5.74) is 2.09. The van der Waals surface area contributed by atoms with E-state index < -0.39 is 0 Å². The molecule has 1 aliphatic carbocycles. The van der Waals surface area contributed by atoms with Gasteiger partial charge in [-0.1, -0.05) is 0 Å². The van der Waals surface area contributed by atoms with Crippen LogP contribution in [0.2, 0.25) is 0 Å². The van der Waals surface area contributed by atoms with E-state index in [0.717, 1.165) is 55.1 Å². The molecule has 0 bridgehead atoms. The summed E-state index contributed by atoms with van der Waals surface area (Å²) in [6, 6.07) is 2.06. The SMILES string of the molecule is Cc1cc(C)n(-c2cncc(N3CCN(CC4CC4)CC3)n2)n1. The van der Waals surface area contributed by atoms with E-state index in [4.69, 9.17) is 4.98 Å². The third-order valence-electron chi connectivity index (χ3n) is 4.75. The Morgan fingerprint density at radius 2 is 1.78 bits per heavy atom. The molecule has 2 aromatic rings. The zero-order chi connectivity index (χ0) is 15.8. The largest absolute Gasteiger partial charge is 0.353 e. The fourth-order valence-electron chi connectivity index (χ4n) is 3.29. The van der Waals surface area contributed by atoms with Gasteiger partial charge in [-0.3, -0.25) is 9.88 Å². The minimum Gasteiger partial charge on any atom is -0.353 e. The summed E-state index contributed by atoms with van der Waals surface area (Å²) < 4.78 is 1.87. The zero-order valence-electron chi connectivity index (χ0n) is 13.9. The number of hydrogen-bond donors (Lipinski definition) is 0. The summed E-state index contributed by atoms with van der Waals surface area (Å²) in [6.45, 7) is 9.64. The number of rotatable bonds is 4. The predicted octanol–water partition coefficient (Wildman–Crippen LogP) is 1.81. The molecule has 0 radical (unpaired) electrons. The molecule has 4 rings (SSSR count). The van der Waals surface area contributed by atoms with E-state index in [1.807, 2.05) is 24.7 Å². The first kappa shape index (κ1) is 14.6. The Balaban J connectivity index is 1.47. The lowest BCUT2D eigenvalue weighted by Gasteiger charge is -2.35. The number of aryl methyl sites for hydroxylation is 2.